The quantitative estimate of drug-likeness (QED) is 0.514. The number of unbranched alkanes of at least 4 members (excludes halogenated alkanes) is 1. The highest BCUT2D eigenvalue weighted by molar-refractivity contribution is 5.70. The van der Waals surface area contributed by atoms with E-state index in [1.165, 1.54) is 11.1 Å². The normalized spacial score (nSPS) is 14.9. The number of ether oxygens (including phenoxy) is 1. The van der Waals surface area contributed by atoms with Crippen LogP contribution >= 0.6 is 0 Å². The van der Waals surface area contributed by atoms with E-state index in [1.54, 1.807) is 6.33 Å². The molecule has 1 aromatic carbocycles. The summed E-state index contributed by atoms with van der Waals surface area (Å²) in [4.78, 5) is 26.9. The lowest BCUT2D eigenvalue weighted by Crippen LogP contribution is -2.36. The SMILES string of the molecule is CCc1cc(CNc2nc3ncn(CCCCN4CCOCC4)c3c(=O)[nH]2)ccc1C. The fourth-order valence-corrected chi connectivity index (χ4v) is 4.08. The van der Waals surface area contributed by atoms with E-state index in [4.69, 9.17) is 4.74 Å². The molecule has 0 spiro atoms. The van der Waals surface area contributed by atoms with Crippen molar-refractivity contribution in [2.24, 2.45) is 0 Å². The van der Waals surface area contributed by atoms with Gasteiger partial charge in [-0.15, -0.1) is 0 Å². The van der Waals surface area contributed by atoms with Gasteiger partial charge in [0.15, 0.2) is 11.2 Å². The number of benzene rings is 1. The van der Waals surface area contributed by atoms with Crippen molar-refractivity contribution < 1.29 is 4.74 Å². The molecule has 0 aliphatic carbocycles. The lowest BCUT2D eigenvalue weighted by Gasteiger charge is -2.26. The van der Waals surface area contributed by atoms with Gasteiger partial charge in [-0.25, -0.2) is 4.98 Å². The molecule has 0 saturated carbocycles. The van der Waals surface area contributed by atoms with Gasteiger partial charge in [-0.1, -0.05) is 25.1 Å². The van der Waals surface area contributed by atoms with Gasteiger partial charge in [-0.3, -0.25) is 14.7 Å². The van der Waals surface area contributed by atoms with Crippen LogP contribution in [0, 0.1) is 6.92 Å². The van der Waals surface area contributed by atoms with Crippen molar-refractivity contribution >= 4 is 17.1 Å². The molecule has 4 rings (SSSR count). The Morgan fingerprint density at radius 1 is 1.19 bits per heavy atom. The second-order valence-electron chi connectivity index (χ2n) is 8.15. The molecule has 31 heavy (non-hydrogen) atoms. The van der Waals surface area contributed by atoms with Crippen molar-refractivity contribution in [2.45, 2.75) is 46.2 Å². The number of rotatable bonds is 9. The minimum absolute atomic E-state index is 0.156. The van der Waals surface area contributed by atoms with Crippen LogP contribution in [0.3, 0.4) is 0 Å². The predicted octanol–water partition coefficient (Wildman–Crippen LogP) is 2.71. The summed E-state index contributed by atoms with van der Waals surface area (Å²) in [6, 6.07) is 6.43. The zero-order valence-corrected chi connectivity index (χ0v) is 18.5. The molecule has 0 radical (unpaired) electrons. The van der Waals surface area contributed by atoms with Crippen LogP contribution < -0.4 is 10.9 Å². The highest BCUT2D eigenvalue weighted by atomic mass is 16.5. The number of imidazole rings is 1. The first kappa shape index (κ1) is 21.5. The molecule has 1 saturated heterocycles. The topological polar surface area (TPSA) is 88.1 Å². The molecule has 1 aliphatic rings. The van der Waals surface area contributed by atoms with Gasteiger partial charge in [0, 0.05) is 26.2 Å². The number of nitrogens with zero attached hydrogens (tertiary/aromatic N) is 4. The highest BCUT2D eigenvalue weighted by Crippen LogP contribution is 2.14. The first-order valence-corrected chi connectivity index (χ1v) is 11.2. The number of nitrogens with one attached hydrogen (secondary N) is 2. The van der Waals surface area contributed by atoms with E-state index in [9.17, 15) is 4.79 Å². The van der Waals surface area contributed by atoms with E-state index in [1.807, 2.05) is 4.57 Å². The largest absolute Gasteiger partial charge is 0.379 e. The van der Waals surface area contributed by atoms with Crippen molar-refractivity contribution in [3.8, 4) is 0 Å². The van der Waals surface area contributed by atoms with E-state index < -0.39 is 0 Å². The zero-order chi connectivity index (χ0) is 21.6. The Hall–Kier alpha value is -2.71. The van der Waals surface area contributed by atoms with Crippen molar-refractivity contribution in [1.29, 1.82) is 0 Å². The molecule has 0 amide bonds. The summed E-state index contributed by atoms with van der Waals surface area (Å²) in [7, 11) is 0. The molecule has 0 atom stereocenters. The smallest absolute Gasteiger partial charge is 0.278 e. The highest BCUT2D eigenvalue weighted by Gasteiger charge is 2.12. The van der Waals surface area contributed by atoms with Crippen LogP contribution in [0.25, 0.3) is 11.2 Å². The first-order valence-electron chi connectivity index (χ1n) is 11.2. The van der Waals surface area contributed by atoms with Crippen molar-refractivity contribution in [1.82, 2.24) is 24.4 Å². The van der Waals surface area contributed by atoms with E-state index >= 15 is 0 Å². The number of anilines is 1. The maximum atomic E-state index is 12.7. The van der Waals surface area contributed by atoms with Gasteiger partial charge in [0.1, 0.15) is 0 Å². The second kappa shape index (κ2) is 10.1. The Kier molecular flexibility index (Phi) is 6.99. The summed E-state index contributed by atoms with van der Waals surface area (Å²) in [5, 5.41) is 3.23. The van der Waals surface area contributed by atoms with Crippen LogP contribution in [-0.4, -0.2) is 57.3 Å². The molecule has 8 heteroatoms. The number of aromatic amines is 1. The molecule has 2 aromatic heterocycles. The molecule has 1 fully saturated rings. The standard InChI is InChI=1S/C23H32N6O2/c1-3-19-14-18(7-6-17(19)2)15-24-23-26-21-20(22(30)27-23)29(16-25-21)9-5-4-8-28-10-12-31-13-11-28/h6-7,14,16H,3-5,8-13,15H2,1-2H3,(H2,24,26,27,30). The van der Waals surface area contributed by atoms with Gasteiger partial charge in [0.25, 0.3) is 5.56 Å². The first-order chi connectivity index (χ1) is 15.1. The van der Waals surface area contributed by atoms with Gasteiger partial charge in [-0.2, -0.15) is 4.98 Å². The van der Waals surface area contributed by atoms with Crippen molar-refractivity contribution in [2.75, 3.05) is 38.2 Å². The molecular formula is C23H32N6O2. The van der Waals surface area contributed by atoms with E-state index in [2.05, 4.69) is 57.2 Å². The summed E-state index contributed by atoms with van der Waals surface area (Å²) in [6.07, 6.45) is 4.81. The molecule has 3 heterocycles. The van der Waals surface area contributed by atoms with E-state index in [0.717, 1.165) is 64.2 Å². The molecule has 0 unspecified atom stereocenters. The zero-order valence-electron chi connectivity index (χ0n) is 18.5. The number of fused-ring (bicyclic) bond motifs is 1. The van der Waals surface area contributed by atoms with Crippen LogP contribution in [0.5, 0.6) is 0 Å². The van der Waals surface area contributed by atoms with E-state index in [-0.39, 0.29) is 5.56 Å². The molecule has 2 N–H and O–H groups in total. The van der Waals surface area contributed by atoms with Crippen molar-refractivity contribution in [3.63, 3.8) is 0 Å². The number of H-pyrrole nitrogens is 1. The third-order valence-electron chi connectivity index (χ3n) is 5.96. The minimum atomic E-state index is -0.156. The van der Waals surface area contributed by atoms with Crippen LogP contribution in [0.2, 0.25) is 0 Å². The summed E-state index contributed by atoms with van der Waals surface area (Å²) >= 11 is 0. The van der Waals surface area contributed by atoms with Crippen LogP contribution in [-0.2, 0) is 24.2 Å². The Balaban J connectivity index is 1.36. The van der Waals surface area contributed by atoms with Gasteiger partial charge >= 0.3 is 0 Å². The fraction of sp³-hybridized carbons (Fsp3) is 0.522. The lowest BCUT2D eigenvalue weighted by molar-refractivity contribution is 0.0371. The van der Waals surface area contributed by atoms with Crippen LogP contribution in [0.15, 0.2) is 29.3 Å². The Morgan fingerprint density at radius 2 is 2.00 bits per heavy atom. The van der Waals surface area contributed by atoms with E-state index in [0.29, 0.717) is 23.7 Å². The third-order valence-corrected chi connectivity index (χ3v) is 5.96. The number of aryl methyl sites for hydroxylation is 3. The van der Waals surface area contributed by atoms with Crippen molar-refractivity contribution in [3.05, 3.63) is 51.6 Å². The average Bonchev–Trinajstić information content (AvgIpc) is 3.20. The van der Waals surface area contributed by atoms with Gasteiger partial charge in [0.2, 0.25) is 5.95 Å². The number of hydrogen-bond donors (Lipinski definition) is 2. The van der Waals surface area contributed by atoms with Crippen LogP contribution in [0.4, 0.5) is 5.95 Å². The van der Waals surface area contributed by atoms with Gasteiger partial charge in [-0.05, 0) is 49.4 Å². The molecule has 0 bridgehead atoms. The summed E-state index contributed by atoms with van der Waals surface area (Å²) in [6.45, 7) is 10.4. The summed E-state index contributed by atoms with van der Waals surface area (Å²) in [5.74, 6) is 0.452. The van der Waals surface area contributed by atoms with Gasteiger partial charge in [0.05, 0.1) is 19.5 Å². The fourth-order valence-electron chi connectivity index (χ4n) is 4.08. The number of aromatic nitrogens is 4. The maximum absolute atomic E-state index is 12.7. The molecular weight excluding hydrogens is 392 g/mol. The predicted molar refractivity (Wildman–Crippen MR) is 123 cm³/mol. The summed E-state index contributed by atoms with van der Waals surface area (Å²) in [5.41, 5.74) is 4.67. The summed E-state index contributed by atoms with van der Waals surface area (Å²) < 4.78 is 7.30. The minimum Gasteiger partial charge on any atom is -0.379 e. The molecule has 166 valence electrons. The third kappa shape index (κ3) is 5.32. The Morgan fingerprint density at radius 3 is 2.81 bits per heavy atom. The molecule has 3 aromatic rings. The number of hydrogen-bond acceptors (Lipinski definition) is 6. The Labute approximate surface area is 182 Å². The monoisotopic (exact) mass is 424 g/mol. The average molecular weight is 425 g/mol. The Bertz CT molecular complexity index is 1070. The molecule has 1 aliphatic heterocycles. The van der Waals surface area contributed by atoms with Gasteiger partial charge < -0.3 is 14.6 Å². The van der Waals surface area contributed by atoms with Crippen LogP contribution in [0.1, 0.15) is 36.5 Å². The second-order valence-corrected chi connectivity index (χ2v) is 8.15. The molecule has 8 nitrogen and oxygen atoms in total. The lowest BCUT2D eigenvalue weighted by atomic mass is 10.0. The number of morpholine rings is 1. The maximum Gasteiger partial charge on any atom is 0.278 e.